The largest absolute Gasteiger partial charge is 0.338 e. The lowest BCUT2D eigenvalue weighted by Gasteiger charge is -2.33. The van der Waals surface area contributed by atoms with Gasteiger partial charge in [-0.15, -0.1) is 0 Å². The molecule has 1 saturated heterocycles. The summed E-state index contributed by atoms with van der Waals surface area (Å²) in [6.07, 6.45) is 3.38. The predicted molar refractivity (Wildman–Crippen MR) is 103 cm³/mol. The van der Waals surface area contributed by atoms with Crippen molar-refractivity contribution in [2.45, 2.75) is 12.3 Å². The molecule has 0 spiro atoms. The van der Waals surface area contributed by atoms with Gasteiger partial charge in [-0.05, 0) is 17.7 Å². The summed E-state index contributed by atoms with van der Waals surface area (Å²) in [7, 11) is -3.32. The van der Waals surface area contributed by atoms with Crippen molar-refractivity contribution in [3.8, 4) is 11.4 Å². The van der Waals surface area contributed by atoms with Crippen LogP contribution in [0.25, 0.3) is 11.4 Å². The van der Waals surface area contributed by atoms with Gasteiger partial charge in [0.25, 0.3) is 0 Å². The summed E-state index contributed by atoms with van der Waals surface area (Å²) in [5.41, 5.74) is 1.60. The van der Waals surface area contributed by atoms with E-state index < -0.39 is 10.0 Å². The van der Waals surface area contributed by atoms with Crippen molar-refractivity contribution < 1.29 is 12.9 Å². The second-order valence-corrected chi connectivity index (χ2v) is 8.64. The van der Waals surface area contributed by atoms with E-state index >= 15 is 0 Å². The van der Waals surface area contributed by atoms with Gasteiger partial charge in [-0.3, -0.25) is 9.88 Å². The first-order valence-electron chi connectivity index (χ1n) is 9.07. The molecule has 0 atom stereocenters. The normalized spacial score (nSPS) is 16.3. The summed E-state index contributed by atoms with van der Waals surface area (Å²) in [4.78, 5) is 10.6. The van der Waals surface area contributed by atoms with E-state index in [1.54, 1.807) is 16.7 Å². The van der Waals surface area contributed by atoms with Crippen LogP contribution in [0.2, 0.25) is 0 Å². The van der Waals surface area contributed by atoms with Crippen LogP contribution in [0.1, 0.15) is 11.5 Å². The van der Waals surface area contributed by atoms with Crippen molar-refractivity contribution in [1.29, 1.82) is 0 Å². The maximum atomic E-state index is 12.6. The van der Waals surface area contributed by atoms with Crippen LogP contribution in [0.4, 0.5) is 0 Å². The molecule has 0 aliphatic carbocycles. The molecule has 4 rings (SSSR count). The monoisotopic (exact) mass is 399 g/mol. The van der Waals surface area contributed by atoms with Gasteiger partial charge < -0.3 is 4.52 Å². The first kappa shape index (κ1) is 18.7. The number of nitrogens with zero attached hydrogens (tertiary/aromatic N) is 5. The van der Waals surface area contributed by atoms with Gasteiger partial charge in [0.05, 0.1) is 12.3 Å². The molecular weight excluding hydrogens is 378 g/mol. The Morgan fingerprint density at radius 2 is 1.79 bits per heavy atom. The molecule has 0 saturated carbocycles. The van der Waals surface area contributed by atoms with Crippen molar-refractivity contribution in [2.75, 3.05) is 26.2 Å². The molecule has 0 radical (unpaired) electrons. The Morgan fingerprint density at radius 1 is 1.00 bits per heavy atom. The summed E-state index contributed by atoms with van der Waals surface area (Å²) in [5.74, 6) is 1.05. The number of aromatic nitrogens is 3. The third kappa shape index (κ3) is 4.44. The Bertz CT molecular complexity index is 1000. The maximum absolute atomic E-state index is 12.6. The quantitative estimate of drug-likeness (QED) is 0.624. The van der Waals surface area contributed by atoms with Crippen molar-refractivity contribution in [3.05, 3.63) is 66.3 Å². The standard InChI is InChI=1S/C19H21N5O3S/c25-28(26,15-16-5-2-1-3-6-16)24-11-9-23(10-12-24)14-18-21-19(22-27-18)17-7-4-8-20-13-17/h1-8,13H,9-12,14-15H2. The third-order valence-electron chi connectivity index (χ3n) is 4.66. The number of sulfonamides is 1. The molecule has 3 heterocycles. The maximum Gasteiger partial charge on any atom is 0.241 e. The zero-order valence-electron chi connectivity index (χ0n) is 15.3. The molecule has 3 aromatic rings. The van der Waals surface area contributed by atoms with Gasteiger partial charge >= 0.3 is 0 Å². The molecule has 1 aliphatic heterocycles. The number of hydrogen-bond donors (Lipinski definition) is 0. The topological polar surface area (TPSA) is 92.4 Å². The molecule has 28 heavy (non-hydrogen) atoms. The fraction of sp³-hybridized carbons (Fsp3) is 0.316. The predicted octanol–water partition coefficient (Wildman–Crippen LogP) is 1.78. The van der Waals surface area contributed by atoms with Crippen LogP contribution in [0, 0.1) is 0 Å². The number of rotatable bonds is 6. The van der Waals surface area contributed by atoms with Crippen molar-refractivity contribution >= 4 is 10.0 Å². The van der Waals surface area contributed by atoms with Crippen LogP contribution in [0.5, 0.6) is 0 Å². The van der Waals surface area contributed by atoms with E-state index in [1.807, 2.05) is 42.5 Å². The molecular formula is C19H21N5O3S. The van der Waals surface area contributed by atoms with Crippen LogP contribution < -0.4 is 0 Å². The van der Waals surface area contributed by atoms with Crippen molar-refractivity contribution in [2.24, 2.45) is 0 Å². The molecule has 0 bridgehead atoms. The molecule has 1 fully saturated rings. The molecule has 2 aromatic heterocycles. The number of pyridine rings is 1. The molecule has 9 heteroatoms. The highest BCUT2D eigenvalue weighted by Crippen LogP contribution is 2.17. The lowest BCUT2D eigenvalue weighted by Crippen LogP contribution is -2.48. The summed E-state index contributed by atoms with van der Waals surface area (Å²) < 4.78 is 32.2. The van der Waals surface area contributed by atoms with E-state index in [-0.39, 0.29) is 5.75 Å². The number of piperazine rings is 1. The van der Waals surface area contributed by atoms with Gasteiger partial charge in [-0.1, -0.05) is 35.5 Å². The molecule has 1 aliphatic rings. The highest BCUT2D eigenvalue weighted by atomic mass is 32.2. The van der Waals surface area contributed by atoms with E-state index in [2.05, 4.69) is 20.0 Å². The average Bonchev–Trinajstić information content (AvgIpc) is 3.18. The lowest BCUT2D eigenvalue weighted by molar-refractivity contribution is 0.163. The van der Waals surface area contributed by atoms with Gasteiger partial charge in [0.1, 0.15) is 0 Å². The Morgan fingerprint density at radius 3 is 2.50 bits per heavy atom. The van der Waals surface area contributed by atoms with E-state index in [0.29, 0.717) is 44.4 Å². The number of hydrogen-bond acceptors (Lipinski definition) is 7. The summed E-state index contributed by atoms with van der Waals surface area (Å²) >= 11 is 0. The lowest BCUT2D eigenvalue weighted by atomic mass is 10.2. The summed E-state index contributed by atoms with van der Waals surface area (Å²) in [5, 5.41) is 3.99. The molecule has 0 N–H and O–H groups in total. The molecule has 0 amide bonds. The average molecular weight is 399 g/mol. The smallest absolute Gasteiger partial charge is 0.241 e. The molecule has 146 valence electrons. The van der Waals surface area contributed by atoms with Crippen molar-refractivity contribution in [3.63, 3.8) is 0 Å². The Balaban J connectivity index is 1.33. The first-order chi connectivity index (χ1) is 13.6. The highest BCUT2D eigenvalue weighted by molar-refractivity contribution is 7.88. The van der Waals surface area contributed by atoms with Gasteiger partial charge in [0, 0.05) is 44.1 Å². The third-order valence-corrected chi connectivity index (χ3v) is 6.51. The van der Waals surface area contributed by atoms with Gasteiger partial charge in [0.2, 0.25) is 21.7 Å². The van der Waals surface area contributed by atoms with Gasteiger partial charge in [-0.25, -0.2) is 8.42 Å². The summed E-state index contributed by atoms with van der Waals surface area (Å²) in [6, 6.07) is 13.0. The fourth-order valence-electron chi connectivity index (χ4n) is 3.16. The molecule has 1 aromatic carbocycles. The zero-order chi connectivity index (χ0) is 19.4. The van der Waals surface area contributed by atoms with E-state index in [1.165, 1.54) is 0 Å². The van der Waals surface area contributed by atoms with Gasteiger partial charge in [0.15, 0.2) is 0 Å². The van der Waals surface area contributed by atoms with E-state index in [9.17, 15) is 8.42 Å². The Hall–Kier alpha value is -2.62. The van der Waals surface area contributed by atoms with Gasteiger partial charge in [-0.2, -0.15) is 9.29 Å². The Labute approximate surface area is 163 Å². The Kier molecular flexibility index (Phi) is 5.47. The molecule has 8 nitrogen and oxygen atoms in total. The number of benzene rings is 1. The first-order valence-corrected chi connectivity index (χ1v) is 10.7. The van der Waals surface area contributed by atoms with E-state index in [4.69, 9.17) is 4.52 Å². The molecule has 0 unspecified atom stereocenters. The van der Waals surface area contributed by atoms with Crippen LogP contribution >= 0.6 is 0 Å². The SMILES string of the molecule is O=S(=O)(Cc1ccccc1)N1CCN(Cc2nc(-c3cccnc3)no2)CC1. The van der Waals surface area contributed by atoms with Crippen LogP contribution in [-0.4, -0.2) is 58.9 Å². The van der Waals surface area contributed by atoms with Crippen LogP contribution in [0.15, 0.2) is 59.4 Å². The minimum atomic E-state index is -3.32. The highest BCUT2D eigenvalue weighted by Gasteiger charge is 2.27. The minimum Gasteiger partial charge on any atom is -0.338 e. The second kappa shape index (κ2) is 8.17. The van der Waals surface area contributed by atoms with E-state index in [0.717, 1.165) is 11.1 Å². The van der Waals surface area contributed by atoms with Crippen LogP contribution in [0.3, 0.4) is 0 Å². The van der Waals surface area contributed by atoms with Crippen molar-refractivity contribution in [1.82, 2.24) is 24.3 Å². The van der Waals surface area contributed by atoms with Crippen LogP contribution in [-0.2, 0) is 22.3 Å². The zero-order valence-corrected chi connectivity index (χ0v) is 16.1. The minimum absolute atomic E-state index is 0.0337. The second-order valence-electron chi connectivity index (χ2n) is 6.67. The fourth-order valence-corrected chi connectivity index (χ4v) is 4.68. The summed E-state index contributed by atoms with van der Waals surface area (Å²) in [6.45, 7) is 2.66.